The first-order valence-electron chi connectivity index (χ1n) is 8.93. The number of ether oxygens (including phenoxy) is 1. The molecule has 5 nitrogen and oxygen atoms in total. The zero-order valence-corrected chi connectivity index (χ0v) is 15.1. The quantitative estimate of drug-likeness (QED) is 0.807. The highest BCUT2D eigenvalue weighted by atomic mass is 16.5. The number of hydrogen-bond acceptors (Lipinski definition) is 3. The summed E-state index contributed by atoms with van der Waals surface area (Å²) >= 11 is 0. The highest BCUT2D eigenvalue weighted by Crippen LogP contribution is 2.15. The van der Waals surface area contributed by atoms with Gasteiger partial charge in [-0.1, -0.05) is 44.2 Å². The summed E-state index contributed by atoms with van der Waals surface area (Å²) in [6, 6.07) is 10.1. The number of hydrogen-bond donors (Lipinski definition) is 2. The molecule has 134 valence electrons. The molecule has 0 unspecified atom stereocenters. The van der Waals surface area contributed by atoms with Crippen LogP contribution in [0.25, 0.3) is 0 Å². The van der Waals surface area contributed by atoms with Gasteiger partial charge >= 0.3 is 6.03 Å². The number of piperidine rings is 1. The second kappa shape index (κ2) is 9.64. The van der Waals surface area contributed by atoms with Gasteiger partial charge in [-0.3, -0.25) is 0 Å². The average molecular weight is 333 g/mol. The molecule has 0 bridgehead atoms. The van der Waals surface area contributed by atoms with Crippen molar-refractivity contribution in [2.45, 2.75) is 38.8 Å². The summed E-state index contributed by atoms with van der Waals surface area (Å²) in [4.78, 5) is 14.6. The van der Waals surface area contributed by atoms with Crippen molar-refractivity contribution in [3.05, 3.63) is 35.9 Å². The molecular weight excluding hydrogens is 302 g/mol. The fourth-order valence-electron chi connectivity index (χ4n) is 3.20. The van der Waals surface area contributed by atoms with Crippen LogP contribution in [0.1, 0.15) is 38.4 Å². The van der Waals surface area contributed by atoms with Gasteiger partial charge in [0.15, 0.2) is 0 Å². The summed E-state index contributed by atoms with van der Waals surface area (Å²) in [6.07, 6.45) is 1.92. The number of nitrogens with zero attached hydrogens (tertiary/aromatic N) is 1. The van der Waals surface area contributed by atoms with Crippen molar-refractivity contribution in [2.24, 2.45) is 5.92 Å². The molecule has 0 spiro atoms. The summed E-state index contributed by atoms with van der Waals surface area (Å²) in [6.45, 7) is 8.24. The van der Waals surface area contributed by atoms with E-state index in [1.165, 1.54) is 0 Å². The third kappa shape index (κ3) is 6.13. The molecular formula is C19H31N3O2. The van der Waals surface area contributed by atoms with E-state index in [-0.39, 0.29) is 18.2 Å². The first-order chi connectivity index (χ1) is 11.6. The van der Waals surface area contributed by atoms with Gasteiger partial charge in [-0.25, -0.2) is 4.79 Å². The molecule has 0 aromatic heterocycles. The molecule has 0 aliphatic carbocycles. The van der Waals surface area contributed by atoms with Gasteiger partial charge in [0.05, 0.1) is 6.10 Å². The predicted molar refractivity (Wildman–Crippen MR) is 97.0 cm³/mol. The van der Waals surface area contributed by atoms with Crippen LogP contribution in [0.5, 0.6) is 0 Å². The summed E-state index contributed by atoms with van der Waals surface area (Å²) in [5, 5.41) is 6.03. The van der Waals surface area contributed by atoms with Crippen LogP contribution in [0.15, 0.2) is 30.3 Å². The molecule has 1 aromatic carbocycles. The molecule has 1 aliphatic heterocycles. The lowest BCUT2D eigenvalue weighted by atomic mass is 10.0. The summed E-state index contributed by atoms with van der Waals surface area (Å²) in [5.74, 6) is 0.696. The first kappa shape index (κ1) is 18.7. The van der Waals surface area contributed by atoms with E-state index in [9.17, 15) is 4.79 Å². The Bertz CT molecular complexity index is 485. The summed E-state index contributed by atoms with van der Waals surface area (Å²) in [5.41, 5.74) is 1.07. The molecule has 24 heavy (non-hydrogen) atoms. The number of urea groups is 1. The van der Waals surface area contributed by atoms with Gasteiger partial charge < -0.3 is 20.3 Å². The Kier molecular flexibility index (Phi) is 7.53. The third-order valence-corrected chi connectivity index (χ3v) is 4.45. The molecule has 1 atom stereocenters. The number of methoxy groups -OCH3 is 1. The van der Waals surface area contributed by atoms with Gasteiger partial charge in [0.25, 0.3) is 0 Å². The monoisotopic (exact) mass is 333 g/mol. The van der Waals surface area contributed by atoms with Gasteiger partial charge in [0, 0.05) is 39.3 Å². The van der Waals surface area contributed by atoms with Crippen LogP contribution >= 0.6 is 0 Å². The third-order valence-electron chi connectivity index (χ3n) is 4.45. The largest absolute Gasteiger partial charge is 0.375 e. The van der Waals surface area contributed by atoms with Gasteiger partial charge in [0.2, 0.25) is 0 Å². The number of benzene rings is 1. The van der Waals surface area contributed by atoms with E-state index in [2.05, 4.69) is 29.4 Å². The van der Waals surface area contributed by atoms with Crippen molar-refractivity contribution in [3.63, 3.8) is 0 Å². The van der Waals surface area contributed by atoms with Crippen molar-refractivity contribution < 1.29 is 9.53 Å². The smallest absolute Gasteiger partial charge is 0.315 e. The fraction of sp³-hybridized carbons (Fsp3) is 0.632. The molecule has 0 saturated carbocycles. The second-order valence-corrected chi connectivity index (χ2v) is 6.96. The number of amides is 2. The van der Waals surface area contributed by atoms with Crippen molar-refractivity contribution >= 4 is 6.03 Å². The van der Waals surface area contributed by atoms with Crippen LogP contribution in [0.2, 0.25) is 0 Å². The Morgan fingerprint density at radius 2 is 1.92 bits per heavy atom. The van der Waals surface area contributed by atoms with E-state index in [0.717, 1.165) is 38.0 Å². The molecule has 0 radical (unpaired) electrons. The zero-order chi connectivity index (χ0) is 17.4. The second-order valence-electron chi connectivity index (χ2n) is 6.96. The average Bonchev–Trinajstić information content (AvgIpc) is 2.58. The molecule has 1 aromatic rings. The summed E-state index contributed by atoms with van der Waals surface area (Å²) in [7, 11) is 1.67. The van der Waals surface area contributed by atoms with E-state index in [1.54, 1.807) is 7.11 Å². The van der Waals surface area contributed by atoms with Crippen LogP contribution in [0.3, 0.4) is 0 Å². The van der Waals surface area contributed by atoms with Gasteiger partial charge in [-0.05, 0) is 24.3 Å². The van der Waals surface area contributed by atoms with E-state index < -0.39 is 0 Å². The Morgan fingerprint density at radius 1 is 1.25 bits per heavy atom. The Morgan fingerprint density at radius 3 is 2.50 bits per heavy atom. The maximum atomic E-state index is 12.1. The Hall–Kier alpha value is -1.59. The maximum Gasteiger partial charge on any atom is 0.315 e. The lowest BCUT2D eigenvalue weighted by Gasteiger charge is -2.33. The minimum atomic E-state index is -0.121. The van der Waals surface area contributed by atoms with Crippen molar-refractivity contribution in [2.75, 3.05) is 33.3 Å². The van der Waals surface area contributed by atoms with E-state index in [0.29, 0.717) is 12.5 Å². The maximum absolute atomic E-state index is 12.1. The van der Waals surface area contributed by atoms with E-state index >= 15 is 0 Å². The first-order valence-corrected chi connectivity index (χ1v) is 8.93. The van der Waals surface area contributed by atoms with Crippen LogP contribution in [-0.2, 0) is 4.74 Å². The van der Waals surface area contributed by atoms with Gasteiger partial charge in [-0.15, -0.1) is 0 Å². The highest BCUT2D eigenvalue weighted by Gasteiger charge is 2.21. The molecule has 2 N–H and O–H groups in total. The van der Waals surface area contributed by atoms with Crippen LogP contribution in [0.4, 0.5) is 4.79 Å². The standard InChI is InChI=1S/C19H31N3O2/c1-15(2)14-22-11-9-17(10-12-22)21-19(23)20-13-18(24-3)16-7-5-4-6-8-16/h4-8,15,17-18H,9-14H2,1-3H3,(H2,20,21,23)/t18-/m1/s1. The van der Waals surface area contributed by atoms with Crippen molar-refractivity contribution in [3.8, 4) is 0 Å². The lowest BCUT2D eigenvalue weighted by molar-refractivity contribution is 0.103. The minimum Gasteiger partial charge on any atom is -0.375 e. The number of carbonyl (C=O) groups excluding carboxylic acids is 1. The fourth-order valence-corrected chi connectivity index (χ4v) is 3.20. The minimum absolute atomic E-state index is 0.102. The van der Waals surface area contributed by atoms with E-state index in [1.807, 2.05) is 30.3 Å². The predicted octanol–water partition coefficient (Wildman–Crippen LogP) is 2.79. The topological polar surface area (TPSA) is 53.6 Å². The normalized spacial score (nSPS) is 17.7. The Balaban J connectivity index is 1.70. The molecule has 1 saturated heterocycles. The van der Waals surface area contributed by atoms with Gasteiger partial charge in [0.1, 0.15) is 0 Å². The van der Waals surface area contributed by atoms with Gasteiger partial charge in [-0.2, -0.15) is 0 Å². The van der Waals surface area contributed by atoms with E-state index in [4.69, 9.17) is 4.74 Å². The molecule has 2 amide bonds. The Labute approximate surface area is 145 Å². The lowest BCUT2D eigenvalue weighted by Crippen LogP contribution is -2.49. The molecule has 5 heteroatoms. The van der Waals surface area contributed by atoms with Crippen LogP contribution in [0, 0.1) is 5.92 Å². The SMILES string of the molecule is CO[C@H](CNC(=O)NC1CCN(CC(C)C)CC1)c1ccccc1. The number of nitrogens with one attached hydrogen (secondary N) is 2. The van der Waals surface area contributed by atoms with Crippen molar-refractivity contribution in [1.29, 1.82) is 0 Å². The summed E-state index contributed by atoms with van der Waals surface area (Å²) < 4.78 is 5.48. The molecule has 2 rings (SSSR count). The van der Waals surface area contributed by atoms with Crippen molar-refractivity contribution in [1.82, 2.24) is 15.5 Å². The molecule has 1 aliphatic rings. The number of likely N-dealkylation sites (tertiary alicyclic amines) is 1. The highest BCUT2D eigenvalue weighted by molar-refractivity contribution is 5.74. The number of rotatable bonds is 7. The molecule has 1 heterocycles. The van der Waals surface area contributed by atoms with Crippen LogP contribution in [-0.4, -0.2) is 50.3 Å². The van der Waals surface area contributed by atoms with Crippen LogP contribution < -0.4 is 10.6 Å². The zero-order valence-electron chi connectivity index (χ0n) is 15.1. The number of carbonyl (C=O) groups is 1. The molecule has 1 fully saturated rings.